The molecule has 2 rings (SSSR count). The molecule has 106 valence electrons. The summed E-state index contributed by atoms with van der Waals surface area (Å²) in [5, 5.41) is 3.20. The Kier molecular flexibility index (Phi) is 4.38. The maximum absolute atomic E-state index is 4.68. The van der Waals surface area contributed by atoms with Gasteiger partial charge in [-0.15, -0.1) is 0 Å². The highest BCUT2D eigenvalue weighted by Gasteiger charge is 2.14. The van der Waals surface area contributed by atoms with Crippen LogP contribution in [0.25, 0.3) is 11.4 Å². The second-order valence-electron chi connectivity index (χ2n) is 5.35. The maximum Gasteiger partial charge on any atom is 0.161 e. The van der Waals surface area contributed by atoms with Gasteiger partial charge in [-0.05, 0) is 24.8 Å². The summed E-state index contributed by atoms with van der Waals surface area (Å²) < 4.78 is 0. The fourth-order valence-electron chi connectivity index (χ4n) is 2.48. The van der Waals surface area contributed by atoms with Gasteiger partial charge in [-0.25, -0.2) is 9.97 Å². The van der Waals surface area contributed by atoms with Crippen LogP contribution in [-0.2, 0) is 6.42 Å². The van der Waals surface area contributed by atoms with Crippen molar-refractivity contribution in [2.45, 2.75) is 40.0 Å². The van der Waals surface area contributed by atoms with E-state index >= 15 is 0 Å². The first-order valence-electron chi connectivity index (χ1n) is 7.22. The van der Waals surface area contributed by atoms with Gasteiger partial charge in [0.1, 0.15) is 5.82 Å². The van der Waals surface area contributed by atoms with Gasteiger partial charge in [-0.2, -0.15) is 0 Å². The summed E-state index contributed by atoms with van der Waals surface area (Å²) in [6.45, 7) is 8.55. The minimum atomic E-state index is 0.411. The van der Waals surface area contributed by atoms with Gasteiger partial charge in [0.2, 0.25) is 0 Å². The molecule has 3 nitrogen and oxygen atoms in total. The van der Waals surface area contributed by atoms with Crippen LogP contribution < -0.4 is 5.32 Å². The normalized spacial score (nSPS) is 10.9. The Morgan fingerprint density at radius 1 is 1.10 bits per heavy atom. The Bertz CT molecular complexity index is 586. The van der Waals surface area contributed by atoms with Crippen LogP contribution >= 0.6 is 0 Å². The standard InChI is InChI=1S/C17H23N3/c1-6-13-7-9-14(10-8-13)16-19-12(4)15(11(2)3)17(18-5)20-16/h7-11H,6H2,1-5H3,(H,18,19,20). The molecule has 0 atom stereocenters. The van der Waals surface area contributed by atoms with E-state index in [1.807, 2.05) is 7.05 Å². The van der Waals surface area contributed by atoms with Crippen molar-refractivity contribution in [2.75, 3.05) is 12.4 Å². The molecule has 0 radical (unpaired) electrons. The number of hydrogen-bond donors (Lipinski definition) is 1. The number of nitrogens with zero attached hydrogens (tertiary/aromatic N) is 2. The monoisotopic (exact) mass is 269 g/mol. The molecule has 0 aliphatic rings. The van der Waals surface area contributed by atoms with E-state index in [0.29, 0.717) is 5.92 Å². The quantitative estimate of drug-likeness (QED) is 0.904. The average molecular weight is 269 g/mol. The lowest BCUT2D eigenvalue weighted by molar-refractivity contribution is 0.833. The lowest BCUT2D eigenvalue weighted by Gasteiger charge is -2.15. The van der Waals surface area contributed by atoms with Gasteiger partial charge in [0.25, 0.3) is 0 Å². The van der Waals surface area contributed by atoms with Gasteiger partial charge in [0.15, 0.2) is 5.82 Å². The van der Waals surface area contributed by atoms with Gasteiger partial charge in [-0.3, -0.25) is 0 Å². The van der Waals surface area contributed by atoms with E-state index in [0.717, 1.165) is 29.3 Å². The first-order chi connectivity index (χ1) is 9.56. The Labute approximate surface area is 121 Å². The second kappa shape index (κ2) is 6.04. The number of benzene rings is 1. The van der Waals surface area contributed by atoms with Crippen molar-refractivity contribution >= 4 is 5.82 Å². The van der Waals surface area contributed by atoms with Crippen molar-refractivity contribution in [3.8, 4) is 11.4 Å². The summed E-state index contributed by atoms with van der Waals surface area (Å²) in [7, 11) is 1.91. The van der Waals surface area contributed by atoms with Crippen LogP contribution in [0.1, 0.15) is 43.5 Å². The van der Waals surface area contributed by atoms with Crippen LogP contribution in [0.15, 0.2) is 24.3 Å². The minimum absolute atomic E-state index is 0.411. The molecule has 20 heavy (non-hydrogen) atoms. The summed E-state index contributed by atoms with van der Waals surface area (Å²) in [5.41, 5.74) is 4.64. The van der Waals surface area contributed by atoms with Gasteiger partial charge < -0.3 is 5.32 Å². The van der Waals surface area contributed by atoms with Gasteiger partial charge in [-0.1, -0.05) is 45.0 Å². The van der Waals surface area contributed by atoms with Crippen molar-refractivity contribution in [3.05, 3.63) is 41.1 Å². The van der Waals surface area contributed by atoms with E-state index in [4.69, 9.17) is 0 Å². The van der Waals surface area contributed by atoms with E-state index in [2.05, 4.69) is 67.2 Å². The lowest BCUT2D eigenvalue weighted by Crippen LogP contribution is -2.07. The number of rotatable bonds is 4. The molecule has 1 heterocycles. The van der Waals surface area contributed by atoms with Crippen LogP contribution in [0, 0.1) is 6.92 Å². The summed E-state index contributed by atoms with van der Waals surface area (Å²) >= 11 is 0. The maximum atomic E-state index is 4.68. The smallest absolute Gasteiger partial charge is 0.161 e. The predicted octanol–water partition coefficient (Wildman–Crippen LogP) is 4.18. The Morgan fingerprint density at radius 3 is 2.25 bits per heavy atom. The largest absolute Gasteiger partial charge is 0.373 e. The Morgan fingerprint density at radius 2 is 1.75 bits per heavy atom. The van der Waals surface area contributed by atoms with Crippen molar-refractivity contribution in [1.82, 2.24) is 9.97 Å². The van der Waals surface area contributed by atoms with Crippen LogP contribution in [0.4, 0.5) is 5.82 Å². The predicted molar refractivity (Wildman–Crippen MR) is 85.2 cm³/mol. The molecule has 1 aromatic heterocycles. The number of nitrogens with one attached hydrogen (secondary N) is 1. The summed E-state index contributed by atoms with van der Waals surface area (Å²) in [5.74, 6) is 2.13. The van der Waals surface area contributed by atoms with Gasteiger partial charge in [0, 0.05) is 23.9 Å². The molecule has 0 spiro atoms. The van der Waals surface area contributed by atoms with Crippen molar-refractivity contribution in [2.24, 2.45) is 0 Å². The zero-order chi connectivity index (χ0) is 14.7. The zero-order valence-electron chi connectivity index (χ0n) is 13.0. The summed E-state index contributed by atoms with van der Waals surface area (Å²) in [4.78, 5) is 9.35. The topological polar surface area (TPSA) is 37.8 Å². The average Bonchev–Trinajstić information content (AvgIpc) is 2.46. The molecule has 0 fully saturated rings. The number of aromatic nitrogens is 2. The van der Waals surface area contributed by atoms with E-state index in [-0.39, 0.29) is 0 Å². The van der Waals surface area contributed by atoms with Gasteiger partial charge >= 0.3 is 0 Å². The Balaban J connectivity index is 2.49. The minimum Gasteiger partial charge on any atom is -0.373 e. The number of aryl methyl sites for hydroxylation is 2. The molecule has 0 amide bonds. The van der Waals surface area contributed by atoms with Crippen molar-refractivity contribution < 1.29 is 0 Å². The third-order valence-electron chi connectivity index (χ3n) is 3.57. The fourth-order valence-corrected chi connectivity index (χ4v) is 2.48. The molecule has 0 saturated carbocycles. The van der Waals surface area contributed by atoms with E-state index < -0.39 is 0 Å². The summed E-state index contributed by atoms with van der Waals surface area (Å²) in [6.07, 6.45) is 1.05. The SMILES string of the molecule is CCc1ccc(-c2nc(C)c(C(C)C)c(NC)n2)cc1. The molecule has 0 saturated heterocycles. The summed E-state index contributed by atoms with van der Waals surface area (Å²) in [6, 6.07) is 8.48. The highest BCUT2D eigenvalue weighted by Crippen LogP contribution is 2.27. The van der Waals surface area contributed by atoms with Crippen LogP contribution in [0.2, 0.25) is 0 Å². The molecule has 1 aromatic carbocycles. The van der Waals surface area contributed by atoms with E-state index in [9.17, 15) is 0 Å². The first kappa shape index (κ1) is 14.5. The first-order valence-corrected chi connectivity index (χ1v) is 7.22. The molecule has 3 heteroatoms. The lowest BCUT2D eigenvalue weighted by atomic mass is 10.0. The van der Waals surface area contributed by atoms with Crippen LogP contribution in [0.3, 0.4) is 0 Å². The fraction of sp³-hybridized carbons (Fsp3) is 0.412. The molecule has 0 aliphatic heterocycles. The second-order valence-corrected chi connectivity index (χ2v) is 5.35. The van der Waals surface area contributed by atoms with Gasteiger partial charge in [0.05, 0.1) is 0 Å². The van der Waals surface area contributed by atoms with E-state index in [1.54, 1.807) is 0 Å². The Hall–Kier alpha value is -1.90. The molecule has 0 bridgehead atoms. The molecule has 0 aliphatic carbocycles. The third-order valence-corrected chi connectivity index (χ3v) is 3.57. The highest BCUT2D eigenvalue weighted by molar-refractivity contribution is 5.60. The molecule has 1 N–H and O–H groups in total. The molecule has 0 unspecified atom stereocenters. The third kappa shape index (κ3) is 2.82. The zero-order valence-corrected chi connectivity index (χ0v) is 13.0. The van der Waals surface area contributed by atoms with Crippen LogP contribution in [-0.4, -0.2) is 17.0 Å². The number of anilines is 1. The van der Waals surface area contributed by atoms with Crippen molar-refractivity contribution in [3.63, 3.8) is 0 Å². The number of hydrogen-bond acceptors (Lipinski definition) is 3. The van der Waals surface area contributed by atoms with E-state index in [1.165, 1.54) is 11.1 Å². The van der Waals surface area contributed by atoms with Crippen molar-refractivity contribution in [1.29, 1.82) is 0 Å². The van der Waals surface area contributed by atoms with Crippen LogP contribution in [0.5, 0.6) is 0 Å². The molecule has 2 aromatic rings. The molecular weight excluding hydrogens is 246 g/mol. The highest BCUT2D eigenvalue weighted by atomic mass is 15.0. The molecular formula is C17H23N3.